The van der Waals surface area contributed by atoms with Gasteiger partial charge >= 0.3 is 0 Å². The SMILES string of the molecule is CCC(=O)Nc1ccc(Cl)c(NC(=O)c2ccc3c(c2)NC(=O)CS3)c1. The van der Waals surface area contributed by atoms with Gasteiger partial charge in [-0.25, -0.2) is 0 Å². The Balaban J connectivity index is 1.79. The minimum absolute atomic E-state index is 0.0949. The van der Waals surface area contributed by atoms with Crippen LogP contribution in [0.4, 0.5) is 17.1 Å². The Morgan fingerprint density at radius 1 is 1.19 bits per heavy atom. The van der Waals surface area contributed by atoms with Crippen molar-refractivity contribution in [1.82, 2.24) is 0 Å². The normalized spacial score (nSPS) is 12.8. The zero-order valence-corrected chi connectivity index (χ0v) is 15.5. The number of anilines is 3. The molecule has 0 unspecified atom stereocenters. The number of carbonyl (C=O) groups is 3. The van der Waals surface area contributed by atoms with Crippen LogP contribution in [0, 0.1) is 0 Å². The lowest BCUT2D eigenvalue weighted by molar-refractivity contribution is -0.116. The molecule has 2 aromatic carbocycles. The lowest BCUT2D eigenvalue weighted by atomic mass is 10.1. The van der Waals surface area contributed by atoms with Crippen molar-refractivity contribution in [3.05, 3.63) is 47.0 Å². The third-order valence-electron chi connectivity index (χ3n) is 3.69. The molecule has 0 saturated carbocycles. The summed E-state index contributed by atoms with van der Waals surface area (Å²) in [6, 6.07) is 9.99. The second kappa shape index (κ2) is 7.80. The first-order chi connectivity index (χ1) is 12.5. The third kappa shape index (κ3) is 4.17. The molecule has 0 bridgehead atoms. The van der Waals surface area contributed by atoms with Gasteiger partial charge in [0.2, 0.25) is 11.8 Å². The number of halogens is 1. The summed E-state index contributed by atoms with van der Waals surface area (Å²) >= 11 is 7.57. The van der Waals surface area contributed by atoms with E-state index in [0.29, 0.717) is 39.8 Å². The summed E-state index contributed by atoms with van der Waals surface area (Å²) in [7, 11) is 0. The molecular weight excluding hydrogens is 374 g/mol. The van der Waals surface area contributed by atoms with Gasteiger partial charge in [0.15, 0.2) is 0 Å². The predicted octanol–water partition coefficient (Wildman–Crippen LogP) is 3.99. The summed E-state index contributed by atoms with van der Waals surface area (Å²) in [5.41, 5.74) is 1.95. The van der Waals surface area contributed by atoms with Gasteiger partial charge in [0.1, 0.15) is 0 Å². The second-order valence-corrected chi connectivity index (χ2v) is 7.02. The van der Waals surface area contributed by atoms with E-state index in [1.165, 1.54) is 11.8 Å². The minimum atomic E-state index is -0.363. The van der Waals surface area contributed by atoms with E-state index in [0.717, 1.165) is 4.90 Å². The summed E-state index contributed by atoms with van der Waals surface area (Å²) in [4.78, 5) is 36.5. The molecule has 134 valence electrons. The fraction of sp³-hybridized carbons (Fsp3) is 0.167. The molecule has 3 rings (SSSR count). The summed E-state index contributed by atoms with van der Waals surface area (Å²) in [5, 5.41) is 8.56. The molecule has 0 radical (unpaired) electrons. The fourth-order valence-corrected chi connectivity index (χ4v) is 3.32. The van der Waals surface area contributed by atoms with Crippen LogP contribution in [-0.4, -0.2) is 23.5 Å². The minimum Gasteiger partial charge on any atom is -0.326 e. The Morgan fingerprint density at radius 3 is 2.77 bits per heavy atom. The fourth-order valence-electron chi connectivity index (χ4n) is 2.37. The summed E-state index contributed by atoms with van der Waals surface area (Å²) < 4.78 is 0. The van der Waals surface area contributed by atoms with Gasteiger partial charge in [0, 0.05) is 22.6 Å². The molecular formula is C18H16ClN3O3S. The van der Waals surface area contributed by atoms with Crippen LogP contribution in [0.3, 0.4) is 0 Å². The van der Waals surface area contributed by atoms with Crippen molar-refractivity contribution in [2.45, 2.75) is 18.2 Å². The highest BCUT2D eigenvalue weighted by Crippen LogP contribution is 2.32. The number of nitrogens with one attached hydrogen (secondary N) is 3. The number of carbonyl (C=O) groups excluding carboxylic acids is 3. The molecule has 0 aliphatic carbocycles. The van der Waals surface area contributed by atoms with E-state index >= 15 is 0 Å². The molecule has 1 aliphatic rings. The van der Waals surface area contributed by atoms with Crippen LogP contribution in [0.2, 0.25) is 5.02 Å². The molecule has 0 aromatic heterocycles. The molecule has 26 heavy (non-hydrogen) atoms. The maximum atomic E-state index is 12.5. The number of rotatable bonds is 4. The van der Waals surface area contributed by atoms with Gasteiger partial charge < -0.3 is 16.0 Å². The van der Waals surface area contributed by atoms with E-state index in [1.54, 1.807) is 43.3 Å². The van der Waals surface area contributed by atoms with Gasteiger partial charge in [0.25, 0.3) is 5.91 Å². The largest absolute Gasteiger partial charge is 0.326 e. The van der Waals surface area contributed by atoms with E-state index in [1.807, 2.05) is 0 Å². The smallest absolute Gasteiger partial charge is 0.255 e. The van der Waals surface area contributed by atoms with Crippen molar-refractivity contribution in [3.63, 3.8) is 0 Å². The van der Waals surface area contributed by atoms with Crippen LogP contribution < -0.4 is 16.0 Å². The summed E-state index contributed by atoms with van der Waals surface area (Å²) in [6.45, 7) is 1.75. The van der Waals surface area contributed by atoms with E-state index < -0.39 is 0 Å². The zero-order chi connectivity index (χ0) is 18.7. The Bertz CT molecular complexity index is 901. The Kier molecular flexibility index (Phi) is 5.49. The van der Waals surface area contributed by atoms with Gasteiger partial charge in [0.05, 0.1) is 22.2 Å². The molecule has 3 N–H and O–H groups in total. The highest BCUT2D eigenvalue weighted by Gasteiger charge is 2.18. The first-order valence-electron chi connectivity index (χ1n) is 7.93. The van der Waals surface area contributed by atoms with E-state index in [4.69, 9.17) is 11.6 Å². The third-order valence-corrected chi connectivity index (χ3v) is 5.10. The van der Waals surface area contributed by atoms with Crippen LogP contribution in [0.15, 0.2) is 41.3 Å². The van der Waals surface area contributed by atoms with Crippen LogP contribution in [0.25, 0.3) is 0 Å². The highest BCUT2D eigenvalue weighted by atomic mass is 35.5. The number of hydrogen-bond donors (Lipinski definition) is 3. The van der Waals surface area contributed by atoms with Crippen molar-refractivity contribution in [2.75, 3.05) is 21.7 Å². The van der Waals surface area contributed by atoms with Crippen molar-refractivity contribution in [3.8, 4) is 0 Å². The number of hydrogen-bond acceptors (Lipinski definition) is 4. The molecule has 8 heteroatoms. The lowest BCUT2D eigenvalue weighted by Crippen LogP contribution is -2.20. The van der Waals surface area contributed by atoms with Gasteiger partial charge in [-0.1, -0.05) is 18.5 Å². The first kappa shape index (κ1) is 18.3. The molecule has 0 fully saturated rings. The Morgan fingerprint density at radius 2 is 2.00 bits per heavy atom. The quantitative estimate of drug-likeness (QED) is 0.737. The van der Waals surface area contributed by atoms with Crippen LogP contribution in [0.5, 0.6) is 0 Å². The topological polar surface area (TPSA) is 87.3 Å². The maximum Gasteiger partial charge on any atom is 0.255 e. The van der Waals surface area contributed by atoms with Crippen molar-refractivity contribution in [1.29, 1.82) is 0 Å². The maximum absolute atomic E-state index is 12.5. The number of benzene rings is 2. The summed E-state index contributed by atoms with van der Waals surface area (Å²) in [5.74, 6) is -0.224. The highest BCUT2D eigenvalue weighted by molar-refractivity contribution is 8.00. The number of thioether (sulfide) groups is 1. The van der Waals surface area contributed by atoms with Crippen LogP contribution in [-0.2, 0) is 9.59 Å². The molecule has 0 atom stereocenters. The van der Waals surface area contributed by atoms with Crippen molar-refractivity contribution < 1.29 is 14.4 Å². The van der Waals surface area contributed by atoms with Gasteiger partial charge in [-0.3, -0.25) is 14.4 Å². The summed E-state index contributed by atoms with van der Waals surface area (Å²) in [6.07, 6.45) is 0.350. The monoisotopic (exact) mass is 389 g/mol. The van der Waals surface area contributed by atoms with E-state index in [-0.39, 0.29) is 17.7 Å². The van der Waals surface area contributed by atoms with Gasteiger partial charge in [-0.05, 0) is 36.4 Å². The Labute approximate surface area is 159 Å². The van der Waals surface area contributed by atoms with Gasteiger partial charge in [-0.15, -0.1) is 11.8 Å². The molecule has 1 heterocycles. The average molecular weight is 390 g/mol. The van der Waals surface area contributed by atoms with Crippen molar-refractivity contribution >= 4 is 58.1 Å². The standard InChI is InChI=1S/C18H16ClN3O3S/c1-2-16(23)20-11-4-5-12(19)13(8-11)22-18(25)10-3-6-15-14(7-10)21-17(24)9-26-15/h3-8H,2,9H2,1H3,(H,20,23)(H,21,24)(H,22,25). The van der Waals surface area contributed by atoms with Crippen molar-refractivity contribution in [2.24, 2.45) is 0 Å². The average Bonchev–Trinajstić information content (AvgIpc) is 2.63. The zero-order valence-electron chi connectivity index (χ0n) is 13.9. The molecule has 3 amide bonds. The molecule has 1 aliphatic heterocycles. The van der Waals surface area contributed by atoms with Gasteiger partial charge in [-0.2, -0.15) is 0 Å². The number of fused-ring (bicyclic) bond motifs is 1. The molecule has 0 saturated heterocycles. The molecule has 2 aromatic rings. The predicted molar refractivity (Wildman–Crippen MR) is 104 cm³/mol. The van der Waals surface area contributed by atoms with E-state index in [2.05, 4.69) is 16.0 Å². The molecule has 6 nitrogen and oxygen atoms in total. The van der Waals surface area contributed by atoms with Crippen LogP contribution >= 0.6 is 23.4 Å². The molecule has 0 spiro atoms. The lowest BCUT2D eigenvalue weighted by Gasteiger charge is -2.17. The second-order valence-electron chi connectivity index (χ2n) is 5.60. The Hall–Kier alpha value is -2.51. The van der Waals surface area contributed by atoms with Crippen LogP contribution in [0.1, 0.15) is 23.7 Å². The number of amides is 3. The first-order valence-corrected chi connectivity index (χ1v) is 9.30. The van der Waals surface area contributed by atoms with E-state index in [9.17, 15) is 14.4 Å².